The molecule has 1 amide bonds. The Bertz CT molecular complexity index is 1280. The zero-order chi connectivity index (χ0) is 24.3. The highest BCUT2D eigenvalue weighted by Crippen LogP contribution is 2.37. The number of sulfonamides is 1. The monoisotopic (exact) mass is 480 g/mol. The summed E-state index contributed by atoms with van der Waals surface area (Å²) in [6.45, 7) is 3.80. The van der Waals surface area contributed by atoms with Gasteiger partial charge in [0.05, 0.1) is 30.3 Å². The van der Waals surface area contributed by atoms with Gasteiger partial charge in [-0.25, -0.2) is 8.42 Å². The van der Waals surface area contributed by atoms with Gasteiger partial charge in [0.1, 0.15) is 11.5 Å². The summed E-state index contributed by atoms with van der Waals surface area (Å²) in [6.07, 6.45) is -0.339. The van der Waals surface area contributed by atoms with E-state index in [0.29, 0.717) is 17.9 Å². The van der Waals surface area contributed by atoms with Crippen molar-refractivity contribution in [2.24, 2.45) is 0 Å². The molecule has 3 aromatic carbocycles. The van der Waals surface area contributed by atoms with E-state index in [1.54, 1.807) is 61.7 Å². The maximum atomic E-state index is 13.4. The molecule has 34 heavy (non-hydrogen) atoms. The third-order valence-corrected chi connectivity index (χ3v) is 7.70. The van der Waals surface area contributed by atoms with Crippen LogP contribution < -0.4 is 19.1 Å². The fraction of sp³-hybridized carbons (Fsp3) is 0.269. The molecule has 178 valence electrons. The molecule has 0 unspecified atom stereocenters. The first kappa shape index (κ1) is 23.6. The van der Waals surface area contributed by atoms with Crippen molar-refractivity contribution >= 4 is 21.6 Å². The first-order valence-electron chi connectivity index (χ1n) is 11.1. The average molecular weight is 481 g/mol. The van der Waals surface area contributed by atoms with Crippen molar-refractivity contribution < 1.29 is 22.7 Å². The molecule has 1 aliphatic rings. The fourth-order valence-electron chi connectivity index (χ4n) is 4.09. The van der Waals surface area contributed by atoms with Crippen molar-refractivity contribution in [2.75, 3.05) is 18.0 Å². The molecule has 0 aliphatic carbocycles. The zero-order valence-electron chi connectivity index (χ0n) is 19.4. The van der Waals surface area contributed by atoms with Crippen molar-refractivity contribution in [1.82, 2.24) is 5.32 Å². The Balaban J connectivity index is 1.61. The Morgan fingerprint density at radius 3 is 2.50 bits per heavy atom. The molecule has 4 rings (SSSR count). The molecule has 1 heterocycles. The van der Waals surface area contributed by atoms with Crippen molar-refractivity contribution in [1.29, 1.82) is 0 Å². The Labute approximate surface area is 200 Å². The van der Waals surface area contributed by atoms with Crippen LogP contribution in [0, 0.1) is 6.92 Å². The second-order valence-corrected chi connectivity index (χ2v) is 9.98. The first-order chi connectivity index (χ1) is 16.3. The van der Waals surface area contributed by atoms with Crippen LogP contribution in [0.3, 0.4) is 0 Å². The molecule has 0 fully saturated rings. The van der Waals surface area contributed by atoms with Crippen molar-refractivity contribution in [3.05, 3.63) is 83.9 Å². The summed E-state index contributed by atoms with van der Waals surface area (Å²) in [4.78, 5) is 13.4. The number of hydrogen-bond donors (Lipinski definition) is 1. The number of rotatable bonds is 7. The van der Waals surface area contributed by atoms with Gasteiger partial charge in [-0.3, -0.25) is 9.10 Å². The molecule has 2 atom stereocenters. The third-order valence-electron chi connectivity index (χ3n) is 5.90. The van der Waals surface area contributed by atoms with Crippen LogP contribution in [0.2, 0.25) is 0 Å². The number of fused-ring (bicyclic) bond motifs is 1. The van der Waals surface area contributed by atoms with E-state index in [-0.39, 0.29) is 23.4 Å². The number of methoxy groups -OCH3 is 1. The molecule has 0 saturated carbocycles. The lowest BCUT2D eigenvalue weighted by Gasteiger charge is -2.35. The third kappa shape index (κ3) is 4.59. The summed E-state index contributed by atoms with van der Waals surface area (Å²) < 4.78 is 39.4. The molecule has 0 aromatic heterocycles. The lowest BCUT2D eigenvalue weighted by atomic mass is 10.0. The van der Waals surface area contributed by atoms with Gasteiger partial charge in [0, 0.05) is 0 Å². The van der Waals surface area contributed by atoms with Gasteiger partial charge in [-0.05, 0) is 54.8 Å². The quantitative estimate of drug-likeness (QED) is 0.547. The van der Waals surface area contributed by atoms with Gasteiger partial charge in [0.15, 0.2) is 6.10 Å². The predicted octanol–water partition coefficient (Wildman–Crippen LogP) is 4.23. The Kier molecular flexibility index (Phi) is 6.79. The lowest BCUT2D eigenvalue weighted by Crippen LogP contribution is -2.51. The number of nitrogens with zero attached hydrogens (tertiary/aromatic N) is 1. The van der Waals surface area contributed by atoms with E-state index in [2.05, 4.69) is 5.32 Å². The van der Waals surface area contributed by atoms with Crippen LogP contribution in [0.4, 0.5) is 5.69 Å². The lowest BCUT2D eigenvalue weighted by molar-refractivity contribution is -0.128. The van der Waals surface area contributed by atoms with E-state index in [9.17, 15) is 13.2 Å². The van der Waals surface area contributed by atoms with Crippen LogP contribution in [0.25, 0.3) is 0 Å². The number of ether oxygens (including phenoxy) is 2. The summed E-state index contributed by atoms with van der Waals surface area (Å²) in [5, 5.41) is 3.03. The second kappa shape index (κ2) is 9.77. The number of carbonyl (C=O) groups is 1. The van der Waals surface area contributed by atoms with E-state index in [4.69, 9.17) is 9.47 Å². The second-order valence-electron chi connectivity index (χ2n) is 8.12. The van der Waals surface area contributed by atoms with Gasteiger partial charge >= 0.3 is 0 Å². The predicted molar refractivity (Wildman–Crippen MR) is 131 cm³/mol. The van der Waals surface area contributed by atoms with Crippen LogP contribution in [-0.4, -0.2) is 34.1 Å². The molecule has 0 radical (unpaired) electrons. The number of amides is 1. The van der Waals surface area contributed by atoms with Crippen LogP contribution in [0.5, 0.6) is 11.5 Å². The molecule has 0 spiro atoms. The summed E-state index contributed by atoms with van der Waals surface area (Å²) in [6, 6.07) is 20.6. The van der Waals surface area contributed by atoms with Gasteiger partial charge in [0.25, 0.3) is 15.9 Å². The highest BCUT2D eigenvalue weighted by Gasteiger charge is 2.37. The number of carbonyl (C=O) groups excluding carboxylic acids is 1. The van der Waals surface area contributed by atoms with Crippen molar-refractivity contribution in [2.45, 2.75) is 37.3 Å². The minimum Gasteiger partial charge on any atom is -0.496 e. The Hall–Kier alpha value is -3.52. The van der Waals surface area contributed by atoms with Gasteiger partial charge in [-0.1, -0.05) is 49.4 Å². The fourth-order valence-corrected chi connectivity index (χ4v) is 5.59. The number of para-hydroxylation sites is 2. The molecule has 0 saturated heterocycles. The molecular formula is C26H28N2O5S. The van der Waals surface area contributed by atoms with Crippen molar-refractivity contribution in [3.63, 3.8) is 0 Å². The minimum absolute atomic E-state index is 0.127. The van der Waals surface area contributed by atoms with E-state index in [0.717, 1.165) is 16.9 Å². The number of anilines is 1. The number of hydrogen-bond acceptors (Lipinski definition) is 5. The highest BCUT2D eigenvalue weighted by molar-refractivity contribution is 7.92. The van der Waals surface area contributed by atoms with Crippen LogP contribution in [0.1, 0.15) is 30.5 Å². The summed E-state index contributed by atoms with van der Waals surface area (Å²) in [5.74, 6) is 0.753. The van der Waals surface area contributed by atoms with Crippen LogP contribution in [0.15, 0.2) is 77.7 Å². The Morgan fingerprint density at radius 1 is 1.12 bits per heavy atom. The van der Waals surface area contributed by atoms with E-state index in [1.165, 1.54) is 4.31 Å². The smallest absolute Gasteiger partial charge is 0.264 e. The van der Waals surface area contributed by atoms with E-state index in [1.807, 2.05) is 32.0 Å². The maximum absolute atomic E-state index is 13.4. The standard InChI is InChI=1S/C26H28N2O5S/c1-4-21(19-14-15-23(32-3)18(2)16-19)27-26(29)25-17-28(22-12-8-9-13-24(22)33-25)34(30,31)20-10-6-5-7-11-20/h5-16,21,25H,4,17H2,1-3H3,(H,27,29)/t21-,25-/m1/s1. The molecule has 0 bridgehead atoms. The number of aryl methyl sites for hydroxylation is 1. The average Bonchev–Trinajstić information content (AvgIpc) is 2.86. The molecule has 8 heteroatoms. The molecule has 1 N–H and O–H groups in total. The van der Waals surface area contributed by atoms with Crippen LogP contribution in [-0.2, 0) is 14.8 Å². The van der Waals surface area contributed by atoms with E-state index >= 15 is 0 Å². The largest absolute Gasteiger partial charge is 0.496 e. The molecule has 7 nitrogen and oxygen atoms in total. The maximum Gasteiger partial charge on any atom is 0.264 e. The zero-order valence-corrected chi connectivity index (χ0v) is 20.2. The van der Waals surface area contributed by atoms with Crippen LogP contribution >= 0.6 is 0 Å². The summed E-state index contributed by atoms with van der Waals surface area (Å²) >= 11 is 0. The summed E-state index contributed by atoms with van der Waals surface area (Å²) in [7, 11) is -2.26. The Morgan fingerprint density at radius 2 is 1.82 bits per heavy atom. The molecule has 1 aliphatic heterocycles. The topological polar surface area (TPSA) is 84.9 Å². The normalized spacial score (nSPS) is 16.2. The van der Waals surface area contributed by atoms with Crippen molar-refractivity contribution in [3.8, 4) is 11.5 Å². The van der Waals surface area contributed by atoms with Gasteiger partial charge in [-0.2, -0.15) is 0 Å². The number of nitrogens with one attached hydrogen (secondary N) is 1. The first-order valence-corrected chi connectivity index (χ1v) is 12.6. The molecular weight excluding hydrogens is 452 g/mol. The molecule has 3 aromatic rings. The van der Waals surface area contributed by atoms with Gasteiger partial charge in [-0.15, -0.1) is 0 Å². The number of benzene rings is 3. The summed E-state index contributed by atoms with van der Waals surface area (Å²) in [5.41, 5.74) is 2.32. The van der Waals surface area contributed by atoms with Gasteiger partial charge < -0.3 is 14.8 Å². The minimum atomic E-state index is -3.88. The van der Waals surface area contributed by atoms with Gasteiger partial charge in [0.2, 0.25) is 0 Å². The SMILES string of the molecule is CC[C@@H](NC(=O)[C@H]1CN(S(=O)(=O)c2ccccc2)c2ccccc2O1)c1ccc(OC)c(C)c1. The highest BCUT2D eigenvalue weighted by atomic mass is 32.2. The van der Waals surface area contributed by atoms with E-state index < -0.39 is 16.1 Å².